The van der Waals surface area contributed by atoms with Gasteiger partial charge in [0.25, 0.3) is 17.5 Å². The van der Waals surface area contributed by atoms with E-state index in [2.05, 4.69) is 5.32 Å². The van der Waals surface area contributed by atoms with E-state index in [1.165, 1.54) is 24.3 Å². The van der Waals surface area contributed by atoms with Crippen LogP contribution in [0, 0.1) is 17.0 Å². The number of benzene rings is 3. The van der Waals surface area contributed by atoms with Crippen LogP contribution in [0.15, 0.2) is 66.7 Å². The Hall–Kier alpha value is -4.40. The molecule has 9 heteroatoms. The number of nitro benzene ring substituents is 1. The third kappa shape index (κ3) is 5.09. The lowest BCUT2D eigenvalue weighted by Crippen LogP contribution is -2.41. The number of rotatable bonds is 7. The van der Waals surface area contributed by atoms with Gasteiger partial charge in [0.1, 0.15) is 18.1 Å². The summed E-state index contributed by atoms with van der Waals surface area (Å²) in [6.07, 6.45) is 0. The Bertz CT molecular complexity index is 1190. The van der Waals surface area contributed by atoms with E-state index in [0.717, 1.165) is 5.56 Å². The average molecular weight is 447 g/mol. The molecule has 168 valence electrons. The van der Waals surface area contributed by atoms with Crippen molar-refractivity contribution >= 4 is 28.9 Å². The van der Waals surface area contributed by atoms with Crippen molar-refractivity contribution in [3.8, 4) is 11.5 Å². The molecule has 1 aliphatic rings. The Morgan fingerprint density at radius 3 is 2.55 bits per heavy atom. The van der Waals surface area contributed by atoms with Gasteiger partial charge in [-0.2, -0.15) is 0 Å². The zero-order valence-corrected chi connectivity index (χ0v) is 17.8. The first-order valence-corrected chi connectivity index (χ1v) is 10.2. The van der Waals surface area contributed by atoms with Crippen molar-refractivity contribution in [1.29, 1.82) is 0 Å². The van der Waals surface area contributed by atoms with Gasteiger partial charge in [-0.15, -0.1) is 0 Å². The molecule has 0 atom stereocenters. The summed E-state index contributed by atoms with van der Waals surface area (Å²) < 4.78 is 11.3. The topological polar surface area (TPSA) is 111 Å². The fraction of sp³-hybridized carbons (Fsp3) is 0.167. The van der Waals surface area contributed by atoms with Gasteiger partial charge in [-0.25, -0.2) is 0 Å². The van der Waals surface area contributed by atoms with Crippen LogP contribution in [-0.4, -0.2) is 36.5 Å². The summed E-state index contributed by atoms with van der Waals surface area (Å²) in [6.45, 7) is 2.51. The summed E-state index contributed by atoms with van der Waals surface area (Å²) in [5.74, 6) is 0.597. The molecule has 3 aromatic rings. The van der Waals surface area contributed by atoms with E-state index in [1.807, 2.05) is 31.2 Å². The molecule has 0 spiro atoms. The van der Waals surface area contributed by atoms with Gasteiger partial charge >= 0.3 is 0 Å². The molecule has 33 heavy (non-hydrogen) atoms. The summed E-state index contributed by atoms with van der Waals surface area (Å²) in [7, 11) is 0. The zero-order chi connectivity index (χ0) is 23.4. The first-order chi connectivity index (χ1) is 15.9. The number of non-ortho nitro benzene ring substituents is 1. The van der Waals surface area contributed by atoms with Gasteiger partial charge < -0.3 is 19.7 Å². The number of aryl methyl sites for hydroxylation is 1. The number of nitrogens with one attached hydrogen (secondary N) is 1. The summed E-state index contributed by atoms with van der Waals surface area (Å²) in [4.78, 5) is 36.9. The lowest BCUT2D eigenvalue weighted by Gasteiger charge is -2.29. The molecule has 0 saturated carbocycles. The predicted octanol–water partition coefficient (Wildman–Crippen LogP) is 3.96. The molecule has 0 radical (unpaired) electrons. The van der Waals surface area contributed by atoms with Crippen LogP contribution in [0.1, 0.15) is 15.9 Å². The van der Waals surface area contributed by atoms with Gasteiger partial charge in [0.15, 0.2) is 6.61 Å². The molecule has 0 aliphatic carbocycles. The maximum absolute atomic E-state index is 12.5. The van der Waals surface area contributed by atoms with Gasteiger partial charge in [-0.05, 0) is 49.4 Å². The highest BCUT2D eigenvalue weighted by Crippen LogP contribution is 2.34. The highest BCUT2D eigenvalue weighted by atomic mass is 16.6. The normalized spacial score (nSPS) is 12.5. The molecular weight excluding hydrogens is 426 g/mol. The van der Waals surface area contributed by atoms with Gasteiger partial charge in [-0.3, -0.25) is 19.7 Å². The van der Waals surface area contributed by atoms with Crippen molar-refractivity contribution in [3.05, 3.63) is 88.0 Å². The Labute approximate surface area is 189 Å². The molecule has 1 aliphatic heterocycles. The van der Waals surface area contributed by atoms with E-state index in [0.29, 0.717) is 29.4 Å². The largest absolute Gasteiger partial charge is 0.492 e. The summed E-state index contributed by atoms with van der Waals surface area (Å²) in [6, 6.07) is 17.9. The van der Waals surface area contributed by atoms with Gasteiger partial charge in [-0.1, -0.05) is 17.7 Å². The maximum Gasteiger partial charge on any atom is 0.269 e. The standard InChI is InChI=1S/C24H21N3O6/c1-16-2-9-20(10-3-16)32-13-12-26-21-14-18(6-11-22(21)33-15-23(26)28)25-24(29)17-4-7-19(8-5-17)27(30)31/h2-11,14H,12-13,15H2,1H3,(H,25,29). The van der Waals surface area contributed by atoms with E-state index in [1.54, 1.807) is 23.1 Å². The van der Waals surface area contributed by atoms with Gasteiger partial charge in [0.2, 0.25) is 0 Å². The molecule has 0 aromatic heterocycles. The highest BCUT2D eigenvalue weighted by Gasteiger charge is 2.26. The van der Waals surface area contributed by atoms with Crippen LogP contribution in [0.25, 0.3) is 0 Å². The molecule has 0 bridgehead atoms. The van der Waals surface area contributed by atoms with Gasteiger partial charge in [0.05, 0.1) is 17.2 Å². The number of nitro groups is 1. The van der Waals surface area contributed by atoms with Crippen molar-refractivity contribution in [3.63, 3.8) is 0 Å². The molecule has 9 nitrogen and oxygen atoms in total. The van der Waals surface area contributed by atoms with Crippen LogP contribution >= 0.6 is 0 Å². The first kappa shape index (κ1) is 21.8. The van der Waals surface area contributed by atoms with E-state index < -0.39 is 10.8 Å². The Morgan fingerprint density at radius 1 is 1.12 bits per heavy atom. The van der Waals surface area contributed by atoms with Crippen molar-refractivity contribution < 1.29 is 24.0 Å². The summed E-state index contributed by atoms with van der Waals surface area (Å²) in [5, 5.41) is 13.5. The number of amides is 2. The van der Waals surface area contributed by atoms with E-state index in [-0.39, 0.29) is 30.4 Å². The third-order valence-corrected chi connectivity index (χ3v) is 5.10. The van der Waals surface area contributed by atoms with E-state index in [4.69, 9.17) is 9.47 Å². The van der Waals surface area contributed by atoms with Gasteiger partial charge in [0, 0.05) is 23.4 Å². The number of anilines is 2. The minimum atomic E-state index is -0.528. The number of nitrogens with zero attached hydrogens (tertiary/aromatic N) is 2. The van der Waals surface area contributed by atoms with Crippen molar-refractivity contribution in [2.75, 3.05) is 30.0 Å². The Balaban J connectivity index is 1.46. The Morgan fingerprint density at radius 2 is 1.85 bits per heavy atom. The molecule has 0 unspecified atom stereocenters. The molecule has 3 aromatic carbocycles. The smallest absolute Gasteiger partial charge is 0.269 e. The minimum Gasteiger partial charge on any atom is -0.492 e. The number of ether oxygens (including phenoxy) is 2. The molecule has 1 heterocycles. The van der Waals surface area contributed by atoms with Crippen molar-refractivity contribution in [2.24, 2.45) is 0 Å². The van der Waals surface area contributed by atoms with Crippen LogP contribution in [0.5, 0.6) is 11.5 Å². The fourth-order valence-electron chi connectivity index (χ4n) is 3.35. The summed E-state index contributed by atoms with van der Waals surface area (Å²) >= 11 is 0. The number of carbonyl (C=O) groups is 2. The van der Waals surface area contributed by atoms with E-state index in [9.17, 15) is 19.7 Å². The zero-order valence-electron chi connectivity index (χ0n) is 17.8. The number of carbonyl (C=O) groups excluding carboxylic acids is 2. The minimum absolute atomic E-state index is 0.0773. The van der Waals surface area contributed by atoms with Crippen LogP contribution in [0.2, 0.25) is 0 Å². The molecule has 0 saturated heterocycles. The molecular formula is C24H21N3O6. The third-order valence-electron chi connectivity index (χ3n) is 5.10. The highest BCUT2D eigenvalue weighted by molar-refractivity contribution is 6.05. The van der Waals surface area contributed by atoms with Crippen LogP contribution in [0.3, 0.4) is 0 Å². The second kappa shape index (κ2) is 9.39. The predicted molar refractivity (Wildman–Crippen MR) is 122 cm³/mol. The number of hydrogen-bond acceptors (Lipinski definition) is 6. The number of fused-ring (bicyclic) bond motifs is 1. The fourth-order valence-corrected chi connectivity index (χ4v) is 3.35. The lowest BCUT2D eigenvalue weighted by molar-refractivity contribution is -0.384. The maximum atomic E-state index is 12.5. The monoisotopic (exact) mass is 447 g/mol. The molecule has 1 N–H and O–H groups in total. The Kier molecular flexibility index (Phi) is 6.21. The van der Waals surface area contributed by atoms with Crippen LogP contribution in [-0.2, 0) is 4.79 Å². The second-order valence-corrected chi connectivity index (χ2v) is 7.44. The average Bonchev–Trinajstić information content (AvgIpc) is 2.81. The van der Waals surface area contributed by atoms with Crippen molar-refractivity contribution in [1.82, 2.24) is 0 Å². The summed E-state index contributed by atoms with van der Waals surface area (Å²) in [5.41, 5.74) is 2.29. The number of hydrogen-bond donors (Lipinski definition) is 1. The van der Waals surface area contributed by atoms with E-state index >= 15 is 0 Å². The second-order valence-electron chi connectivity index (χ2n) is 7.44. The molecule has 4 rings (SSSR count). The molecule has 2 amide bonds. The van der Waals surface area contributed by atoms with Crippen LogP contribution < -0.4 is 19.7 Å². The van der Waals surface area contributed by atoms with Crippen molar-refractivity contribution in [2.45, 2.75) is 6.92 Å². The molecule has 0 fully saturated rings. The first-order valence-electron chi connectivity index (χ1n) is 10.2. The van der Waals surface area contributed by atoms with Crippen LogP contribution in [0.4, 0.5) is 17.1 Å². The lowest BCUT2D eigenvalue weighted by atomic mass is 10.1. The SMILES string of the molecule is Cc1ccc(OCCN2C(=O)COc3ccc(NC(=O)c4ccc([N+](=O)[O-])cc4)cc32)cc1. The quantitative estimate of drug-likeness (QED) is 0.434.